The number of H-pyrrole nitrogens is 2. The van der Waals surface area contributed by atoms with Crippen molar-refractivity contribution in [3.8, 4) is 0 Å². The molecule has 0 amide bonds. The molecule has 0 saturated carbocycles. The zero-order chi connectivity index (χ0) is 16.0. The maximum absolute atomic E-state index is 12.3. The van der Waals surface area contributed by atoms with Crippen LogP contribution in [0, 0.1) is 6.92 Å². The second kappa shape index (κ2) is 4.95. The average molecular weight is 307 g/mol. The number of rotatable bonds is 1. The van der Waals surface area contributed by atoms with Gasteiger partial charge in [0.1, 0.15) is 0 Å². The number of nitrogens with one attached hydrogen (secondary N) is 2. The van der Waals surface area contributed by atoms with Crippen LogP contribution in [0.25, 0.3) is 12.2 Å². The lowest BCUT2D eigenvalue weighted by molar-refractivity contribution is 0.512. The summed E-state index contributed by atoms with van der Waals surface area (Å²) in [5.74, 6) is 0.744. The van der Waals surface area contributed by atoms with Gasteiger partial charge in [-0.1, -0.05) is 30.3 Å². The molecule has 114 valence electrons. The first-order valence-electron chi connectivity index (χ1n) is 7.20. The third kappa shape index (κ3) is 2.15. The summed E-state index contributed by atoms with van der Waals surface area (Å²) in [5, 5.41) is 0. The summed E-state index contributed by atoms with van der Waals surface area (Å²) in [6, 6.07) is 7.77. The Morgan fingerprint density at radius 2 is 1.96 bits per heavy atom. The van der Waals surface area contributed by atoms with Gasteiger partial charge in [-0.25, -0.2) is 9.78 Å². The lowest BCUT2D eigenvalue weighted by atomic mass is 9.87. The van der Waals surface area contributed by atoms with Crippen LogP contribution in [-0.4, -0.2) is 15.0 Å². The molecule has 0 saturated heterocycles. The molecule has 2 aromatic heterocycles. The predicted molar refractivity (Wildman–Crippen MR) is 85.2 cm³/mol. The number of oxazole rings is 1. The summed E-state index contributed by atoms with van der Waals surface area (Å²) in [6.45, 7) is 1.77. The van der Waals surface area contributed by atoms with E-state index in [1.54, 1.807) is 6.92 Å². The van der Waals surface area contributed by atoms with Crippen molar-refractivity contribution in [3.63, 3.8) is 0 Å². The van der Waals surface area contributed by atoms with E-state index in [0.29, 0.717) is 22.9 Å². The molecule has 1 aromatic carbocycles. The standard InChI is InChI=1S/C17H13N3O3/c1-9-19-15-13(23-9)7-6-10-4-2-3-5-11(10)14(15)12-8-18-17(22)20-16(12)21/h2-8,14H,1H3,(H2,18,20,21,22). The monoisotopic (exact) mass is 307 g/mol. The molecule has 0 fully saturated rings. The molecule has 1 atom stereocenters. The Balaban J connectivity index is 2.06. The minimum Gasteiger partial charge on any atom is -0.441 e. The highest BCUT2D eigenvalue weighted by atomic mass is 16.4. The maximum atomic E-state index is 12.3. The number of benzene rings is 1. The van der Waals surface area contributed by atoms with E-state index in [-0.39, 0.29) is 0 Å². The van der Waals surface area contributed by atoms with Gasteiger partial charge in [-0.3, -0.25) is 9.78 Å². The van der Waals surface area contributed by atoms with Crippen molar-refractivity contribution < 1.29 is 4.42 Å². The number of aryl methyl sites for hydroxylation is 1. The summed E-state index contributed by atoms with van der Waals surface area (Å²) < 4.78 is 5.65. The fraction of sp³-hybridized carbons (Fsp3) is 0.118. The fourth-order valence-corrected chi connectivity index (χ4v) is 2.97. The van der Waals surface area contributed by atoms with Gasteiger partial charge in [0.05, 0.1) is 11.6 Å². The van der Waals surface area contributed by atoms with Crippen molar-refractivity contribution in [2.75, 3.05) is 0 Å². The Bertz CT molecular complexity index is 1040. The third-order valence-corrected chi connectivity index (χ3v) is 3.94. The van der Waals surface area contributed by atoms with Gasteiger partial charge in [0, 0.05) is 18.7 Å². The molecule has 1 aliphatic rings. The van der Waals surface area contributed by atoms with Crippen LogP contribution in [0.3, 0.4) is 0 Å². The second-order valence-corrected chi connectivity index (χ2v) is 5.40. The summed E-state index contributed by atoms with van der Waals surface area (Å²) in [6.07, 6.45) is 5.24. The smallest absolute Gasteiger partial charge is 0.325 e. The minimum atomic E-state index is -0.532. The zero-order valence-electron chi connectivity index (χ0n) is 12.3. The van der Waals surface area contributed by atoms with Gasteiger partial charge in [-0.05, 0) is 17.2 Å². The number of fused-ring (bicyclic) bond motifs is 2. The number of hydrogen-bond acceptors (Lipinski definition) is 4. The molecule has 0 radical (unpaired) electrons. The van der Waals surface area contributed by atoms with E-state index in [1.165, 1.54) is 6.20 Å². The molecule has 4 rings (SSSR count). The van der Waals surface area contributed by atoms with Gasteiger partial charge in [-0.15, -0.1) is 0 Å². The predicted octanol–water partition coefficient (Wildman–Crippen LogP) is 2.02. The number of aromatic amines is 2. The number of aromatic nitrogens is 3. The lowest BCUT2D eigenvalue weighted by Gasteiger charge is -2.16. The van der Waals surface area contributed by atoms with E-state index < -0.39 is 17.2 Å². The Morgan fingerprint density at radius 3 is 2.78 bits per heavy atom. The van der Waals surface area contributed by atoms with E-state index in [0.717, 1.165) is 11.1 Å². The van der Waals surface area contributed by atoms with Crippen LogP contribution in [0.15, 0.2) is 44.5 Å². The third-order valence-electron chi connectivity index (χ3n) is 3.94. The fourth-order valence-electron chi connectivity index (χ4n) is 2.97. The SMILES string of the molecule is Cc1nc2c(o1)C=Cc1ccccc1C2c1c[nH]c(=O)[nH]c1=O. The van der Waals surface area contributed by atoms with Crippen LogP contribution < -0.4 is 11.2 Å². The normalized spacial score (nSPS) is 15.8. The summed E-state index contributed by atoms with van der Waals surface area (Å²) >= 11 is 0. The number of hydrogen-bond donors (Lipinski definition) is 2. The molecule has 2 N–H and O–H groups in total. The van der Waals surface area contributed by atoms with Gasteiger partial charge in [0.15, 0.2) is 11.7 Å². The van der Waals surface area contributed by atoms with Crippen molar-refractivity contribution in [1.29, 1.82) is 0 Å². The molecular weight excluding hydrogens is 294 g/mol. The van der Waals surface area contributed by atoms with Crippen LogP contribution >= 0.6 is 0 Å². The minimum absolute atomic E-state index is 0.408. The van der Waals surface area contributed by atoms with Gasteiger partial charge >= 0.3 is 5.69 Å². The Hall–Kier alpha value is -3.15. The van der Waals surface area contributed by atoms with Crippen LogP contribution in [0.4, 0.5) is 0 Å². The molecule has 0 aliphatic heterocycles. The second-order valence-electron chi connectivity index (χ2n) is 5.40. The van der Waals surface area contributed by atoms with E-state index in [9.17, 15) is 9.59 Å². The summed E-state index contributed by atoms with van der Waals surface area (Å²) in [7, 11) is 0. The molecule has 1 unspecified atom stereocenters. The average Bonchev–Trinajstić information content (AvgIpc) is 2.82. The maximum Gasteiger partial charge on any atom is 0.325 e. The molecule has 6 heteroatoms. The highest BCUT2D eigenvalue weighted by molar-refractivity contribution is 5.74. The topological polar surface area (TPSA) is 91.8 Å². The summed E-state index contributed by atoms with van der Waals surface area (Å²) in [4.78, 5) is 32.9. The van der Waals surface area contributed by atoms with Crippen molar-refractivity contribution >= 4 is 12.2 Å². The first-order valence-corrected chi connectivity index (χ1v) is 7.20. The van der Waals surface area contributed by atoms with E-state index >= 15 is 0 Å². The van der Waals surface area contributed by atoms with E-state index in [2.05, 4.69) is 15.0 Å². The van der Waals surface area contributed by atoms with Crippen molar-refractivity contribution in [3.05, 3.63) is 85.3 Å². The number of nitrogens with zero attached hydrogens (tertiary/aromatic N) is 1. The van der Waals surface area contributed by atoms with Crippen LogP contribution in [0.5, 0.6) is 0 Å². The van der Waals surface area contributed by atoms with Crippen molar-refractivity contribution in [1.82, 2.24) is 15.0 Å². The van der Waals surface area contributed by atoms with Crippen LogP contribution in [-0.2, 0) is 0 Å². The Labute approximate surface area is 130 Å². The first-order chi connectivity index (χ1) is 11.1. The van der Waals surface area contributed by atoms with Gasteiger partial charge in [-0.2, -0.15) is 0 Å². The quantitative estimate of drug-likeness (QED) is 0.563. The van der Waals surface area contributed by atoms with Crippen LogP contribution in [0.2, 0.25) is 0 Å². The molecular formula is C17H13N3O3. The Kier molecular flexibility index (Phi) is 2.90. The van der Waals surface area contributed by atoms with Crippen molar-refractivity contribution in [2.24, 2.45) is 0 Å². The molecule has 2 heterocycles. The zero-order valence-corrected chi connectivity index (χ0v) is 12.3. The molecule has 0 bridgehead atoms. The molecule has 1 aliphatic carbocycles. The molecule has 6 nitrogen and oxygen atoms in total. The highest BCUT2D eigenvalue weighted by Crippen LogP contribution is 2.37. The van der Waals surface area contributed by atoms with E-state index in [4.69, 9.17) is 4.42 Å². The first kappa shape index (κ1) is 13.5. The largest absolute Gasteiger partial charge is 0.441 e. The molecule has 0 spiro atoms. The lowest BCUT2D eigenvalue weighted by Crippen LogP contribution is -2.27. The van der Waals surface area contributed by atoms with Crippen LogP contribution in [0.1, 0.15) is 40.0 Å². The highest BCUT2D eigenvalue weighted by Gasteiger charge is 2.29. The van der Waals surface area contributed by atoms with Gasteiger partial charge in [0.25, 0.3) is 5.56 Å². The van der Waals surface area contributed by atoms with Gasteiger partial charge < -0.3 is 9.40 Å². The summed E-state index contributed by atoms with van der Waals surface area (Å²) in [5.41, 5.74) is 2.05. The van der Waals surface area contributed by atoms with Crippen molar-refractivity contribution in [2.45, 2.75) is 12.8 Å². The van der Waals surface area contributed by atoms with Gasteiger partial charge in [0.2, 0.25) is 0 Å². The Morgan fingerprint density at radius 1 is 1.13 bits per heavy atom. The van der Waals surface area contributed by atoms with E-state index in [1.807, 2.05) is 36.4 Å². The molecule has 3 aromatic rings. The molecule has 23 heavy (non-hydrogen) atoms.